The Kier molecular flexibility index (Phi) is 4.89. The zero-order valence-electron chi connectivity index (χ0n) is 10.8. The first-order valence-corrected chi connectivity index (χ1v) is 5.95. The lowest BCUT2D eigenvalue weighted by molar-refractivity contribution is -0.157. The molecule has 2 unspecified atom stereocenters. The Morgan fingerprint density at radius 2 is 1.83 bits per heavy atom. The Morgan fingerprint density at radius 3 is 2.28 bits per heavy atom. The van der Waals surface area contributed by atoms with E-state index in [2.05, 4.69) is 0 Å². The number of hydrogen-bond acceptors (Lipinski definition) is 3. The molecule has 1 N–H and O–H groups in total. The highest BCUT2D eigenvalue weighted by molar-refractivity contribution is 6.00. The molecule has 1 aromatic rings. The minimum atomic E-state index is -1.25. The lowest BCUT2D eigenvalue weighted by Gasteiger charge is -2.16. The van der Waals surface area contributed by atoms with Gasteiger partial charge in [-0.3, -0.25) is 9.59 Å². The fourth-order valence-electron chi connectivity index (χ4n) is 1.49. The Bertz CT molecular complexity index is 422. The molecule has 0 saturated heterocycles. The van der Waals surface area contributed by atoms with E-state index in [1.807, 2.05) is 13.8 Å². The molecule has 0 amide bonds. The Morgan fingerprint density at radius 1 is 1.28 bits per heavy atom. The van der Waals surface area contributed by atoms with Crippen molar-refractivity contribution in [3.05, 3.63) is 35.4 Å². The summed E-state index contributed by atoms with van der Waals surface area (Å²) in [5, 5.41) is 9.15. The average molecular weight is 250 g/mol. The molecule has 2 atom stereocenters. The normalized spacial score (nSPS) is 13.7. The van der Waals surface area contributed by atoms with Crippen molar-refractivity contribution < 1.29 is 19.4 Å². The molecule has 18 heavy (non-hydrogen) atoms. The quantitative estimate of drug-likeness (QED) is 0.644. The second kappa shape index (κ2) is 6.19. The van der Waals surface area contributed by atoms with E-state index in [0.717, 1.165) is 5.56 Å². The SMILES string of the molecule is CCC(C)OC(=O)C(C(=O)O)c1ccc(C)cc1. The van der Waals surface area contributed by atoms with Crippen molar-refractivity contribution in [1.82, 2.24) is 0 Å². The van der Waals surface area contributed by atoms with Gasteiger partial charge in [0.05, 0.1) is 6.10 Å². The van der Waals surface area contributed by atoms with E-state index >= 15 is 0 Å². The topological polar surface area (TPSA) is 63.6 Å². The summed E-state index contributed by atoms with van der Waals surface area (Å²) in [6.45, 7) is 5.52. The number of carboxylic acid groups (broad SMARTS) is 1. The van der Waals surface area contributed by atoms with Crippen LogP contribution in [0.15, 0.2) is 24.3 Å². The third kappa shape index (κ3) is 3.58. The fourth-order valence-corrected chi connectivity index (χ4v) is 1.49. The highest BCUT2D eigenvalue weighted by Gasteiger charge is 2.30. The van der Waals surface area contributed by atoms with Gasteiger partial charge in [0.15, 0.2) is 5.92 Å². The zero-order valence-corrected chi connectivity index (χ0v) is 10.8. The summed E-state index contributed by atoms with van der Waals surface area (Å²) in [7, 11) is 0. The smallest absolute Gasteiger partial charge is 0.325 e. The van der Waals surface area contributed by atoms with Gasteiger partial charge in [-0.1, -0.05) is 36.8 Å². The van der Waals surface area contributed by atoms with Crippen molar-refractivity contribution in [3.63, 3.8) is 0 Å². The molecule has 0 spiro atoms. The number of carbonyl (C=O) groups excluding carboxylic acids is 1. The van der Waals surface area contributed by atoms with Crippen molar-refractivity contribution in [1.29, 1.82) is 0 Å². The first kappa shape index (κ1) is 14.2. The van der Waals surface area contributed by atoms with Crippen LogP contribution in [0.1, 0.15) is 37.3 Å². The summed E-state index contributed by atoms with van der Waals surface area (Å²) < 4.78 is 5.09. The highest BCUT2D eigenvalue weighted by Crippen LogP contribution is 2.19. The molecule has 0 bridgehead atoms. The van der Waals surface area contributed by atoms with Gasteiger partial charge in [-0.05, 0) is 25.8 Å². The predicted molar refractivity (Wildman–Crippen MR) is 67.4 cm³/mol. The third-order valence-corrected chi connectivity index (χ3v) is 2.79. The maximum absolute atomic E-state index is 11.8. The number of carboxylic acids is 1. The van der Waals surface area contributed by atoms with Gasteiger partial charge in [0.2, 0.25) is 0 Å². The van der Waals surface area contributed by atoms with Gasteiger partial charge < -0.3 is 9.84 Å². The summed E-state index contributed by atoms with van der Waals surface area (Å²) in [6.07, 6.45) is 0.385. The van der Waals surface area contributed by atoms with Gasteiger partial charge >= 0.3 is 11.9 Å². The van der Waals surface area contributed by atoms with E-state index < -0.39 is 17.9 Å². The van der Waals surface area contributed by atoms with Crippen molar-refractivity contribution in [3.8, 4) is 0 Å². The molecule has 98 valence electrons. The minimum Gasteiger partial charge on any atom is -0.480 e. The van der Waals surface area contributed by atoms with Crippen LogP contribution in [0.2, 0.25) is 0 Å². The number of aliphatic carboxylic acids is 1. The van der Waals surface area contributed by atoms with Crippen LogP contribution in [0.4, 0.5) is 0 Å². The van der Waals surface area contributed by atoms with Gasteiger partial charge in [-0.15, -0.1) is 0 Å². The standard InChI is InChI=1S/C14H18O4/c1-4-10(3)18-14(17)12(13(15)16)11-7-5-9(2)6-8-11/h5-8,10,12H,4H2,1-3H3,(H,15,16). The first-order valence-electron chi connectivity index (χ1n) is 5.95. The van der Waals surface area contributed by atoms with Crippen molar-refractivity contribution in [2.45, 2.75) is 39.2 Å². The number of aryl methyl sites for hydroxylation is 1. The zero-order chi connectivity index (χ0) is 13.7. The van der Waals surface area contributed by atoms with Gasteiger partial charge in [0, 0.05) is 0 Å². The molecule has 0 heterocycles. The molecular formula is C14H18O4. The van der Waals surface area contributed by atoms with Crippen LogP contribution < -0.4 is 0 Å². The average Bonchev–Trinajstić information content (AvgIpc) is 2.31. The Hall–Kier alpha value is -1.84. The first-order chi connectivity index (χ1) is 8.45. The van der Waals surface area contributed by atoms with Gasteiger partial charge in [0.25, 0.3) is 0 Å². The molecule has 4 nitrogen and oxygen atoms in total. The largest absolute Gasteiger partial charge is 0.480 e. The number of carbonyl (C=O) groups is 2. The monoisotopic (exact) mass is 250 g/mol. The maximum Gasteiger partial charge on any atom is 0.325 e. The van der Waals surface area contributed by atoms with Crippen LogP contribution >= 0.6 is 0 Å². The van der Waals surface area contributed by atoms with E-state index in [9.17, 15) is 9.59 Å². The molecular weight excluding hydrogens is 232 g/mol. The second-order valence-electron chi connectivity index (χ2n) is 4.34. The van der Waals surface area contributed by atoms with E-state index in [-0.39, 0.29) is 6.10 Å². The molecule has 4 heteroatoms. The molecule has 0 aliphatic rings. The van der Waals surface area contributed by atoms with Gasteiger partial charge in [0.1, 0.15) is 0 Å². The van der Waals surface area contributed by atoms with E-state index in [1.165, 1.54) is 0 Å². The molecule has 0 radical (unpaired) electrons. The summed E-state index contributed by atoms with van der Waals surface area (Å²) in [5.41, 5.74) is 1.46. The van der Waals surface area contributed by atoms with Crippen molar-refractivity contribution in [2.24, 2.45) is 0 Å². The molecule has 0 saturated carbocycles. The predicted octanol–water partition coefficient (Wildman–Crippen LogP) is 2.50. The van der Waals surface area contributed by atoms with Crippen molar-refractivity contribution in [2.75, 3.05) is 0 Å². The number of benzene rings is 1. The van der Waals surface area contributed by atoms with Crippen molar-refractivity contribution >= 4 is 11.9 Å². The number of rotatable bonds is 5. The molecule has 1 aromatic carbocycles. The molecule has 0 aliphatic heterocycles. The van der Waals surface area contributed by atoms with Crippen LogP contribution in [0.5, 0.6) is 0 Å². The van der Waals surface area contributed by atoms with Gasteiger partial charge in [-0.25, -0.2) is 0 Å². The fraction of sp³-hybridized carbons (Fsp3) is 0.429. The van der Waals surface area contributed by atoms with E-state index in [4.69, 9.17) is 9.84 Å². The van der Waals surface area contributed by atoms with Crippen LogP contribution in [-0.4, -0.2) is 23.1 Å². The van der Waals surface area contributed by atoms with E-state index in [1.54, 1.807) is 31.2 Å². The second-order valence-corrected chi connectivity index (χ2v) is 4.34. The van der Waals surface area contributed by atoms with E-state index in [0.29, 0.717) is 12.0 Å². The maximum atomic E-state index is 11.8. The molecule has 0 aliphatic carbocycles. The molecule has 0 fully saturated rings. The number of ether oxygens (including phenoxy) is 1. The molecule has 1 rings (SSSR count). The number of esters is 1. The third-order valence-electron chi connectivity index (χ3n) is 2.79. The minimum absolute atomic E-state index is 0.273. The summed E-state index contributed by atoms with van der Waals surface area (Å²) >= 11 is 0. The summed E-state index contributed by atoms with van der Waals surface area (Å²) in [4.78, 5) is 23.0. The highest BCUT2D eigenvalue weighted by atomic mass is 16.5. The van der Waals surface area contributed by atoms with Crippen LogP contribution in [-0.2, 0) is 14.3 Å². The Balaban J connectivity index is 2.92. The van der Waals surface area contributed by atoms with Crippen LogP contribution in [0.3, 0.4) is 0 Å². The lowest BCUT2D eigenvalue weighted by atomic mass is 9.98. The number of hydrogen-bond donors (Lipinski definition) is 1. The summed E-state index contributed by atoms with van der Waals surface area (Å²) in [5.74, 6) is -3.15. The van der Waals surface area contributed by atoms with Crippen LogP contribution in [0, 0.1) is 6.92 Å². The summed E-state index contributed by atoms with van der Waals surface area (Å²) in [6, 6.07) is 6.85. The van der Waals surface area contributed by atoms with Crippen LogP contribution in [0.25, 0.3) is 0 Å². The molecule has 0 aromatic heterocycles. The van der Waals surface area contributed by atoms with Gasteiger partial charge in [-0.2, -0.15) is 0 Å². The lowest BCUT2D eigenvalue weighted by Crippen LogP contribution is -2.26. The Labute approximate surface area is 107 Å².